The summed E-state index contributed by atoms with van der Waals surface area (Å²) >= 11 is 0. The van der Waals surface area contributed by atoms with Gasteiger partial charge in [-0.2, -0.15) is 5.10 Å². The van der Waals surface area contributed by atoms with Gasteiger partial charge in [0, 0.05) is 11.9 Å². The summed E-state index contributed by atoms with van der Waals surface area (Å²) in [5.74, 6) is 5.61. The standard InChI is InChI=1S/C26H29FN2O3/c1-5-6-20(13-25(30)31)19-7-10-22(11-8-19)32-16-21-9-12-23-24(14-27)28-29(15-17(2)3)26(23)18(21)4/h7-12,17,20H,13-16H2,1-4H3,(H,30,31)/t20-/m0/s1. The van der Waals surface area contributed by atoms with Crippen LogP contribution < -0.4 is 4.74 Å². The maximum absolute atomic E-state index is 13.5. The van der Waals surface area contributed by atoms with Crippen LogP contribution in [0.3, 0.4) is 0 Å². The Balaban J connectivity index is 1.80. The predicted octanol–water partition coefficient (Wildman–Crippen LogP) is 5.63. The normalized spacial score (nSPS) is 11.9. The Hall–Kier alpha value is -3.33. The van der Waals surface area contributed by atoms with Gasteiger partial charge in [0.25, 0.3) is 0 Å². The first-order chi connectivity index (χ1) is 15.3. The van der Waals surface area contributed by atoms with Gasteiger partial charge in [0.05, 0.1) is 17.9 Å². The Kier molecular flexibility index (Phi) is 7.53. The van der Waals surface area contributed by atoms with Gasteiger partial charge in [-0.3, -0.25) is 9.48 Å². The molecule has 168 valence electrons. The van der Waals surface area contributed by atoms with Crippen LogP contribution in [-0.2, 0) is 24.6 Å². The second-order valence-corrected chi connectivity index (χ2v) is 8.30. The van der Waals surface area contributed by atoms with E-state index in [0.29, 0.717) is 24.0 Å². The van der Waals surface area contributed by atoms with Gasteiger partial charge in [-0.1, -0.05) is 44.0 Å². The third-order valence-electron chi connectivity index (χ3n) is 5.39. The average Bonchev–Trinajstić information content (AvgIpc) is 3.10. The summed E-state index contributed by atoms with van der Waals surface area (Å²) < 4.78 is 21.4. The number of fused-ring (bicyclic) bond motifs is 1. The first kappa shape index (κ1) is 23.3. The number of carboxylic acid groups (broad SMARTS) is 1. The zero-order chi connectivity index (χ0) is 23.3. The van der Waals surface area contributed by atoms with Crippen molar-refractivity contribution in [2.75, 3.05) is 0 Å². The number of aliphatic carboxylic acids is 1. The summed E-state index contributed by atoms with van der Waals surface area (Å²) in [5, 5.41) is 14.4. The van der Waals surface area contributed by atoms with Gasteiger partial charge in [0.15, 0.2) is 0 Å². The van der Waals surface area contributed by atoms with Crippen LogP contribution in [-0.4, -0.2) is 20.9 Å². The molecule has 1 heterocycles. The van der Waals surface area contributed by atoms with E-state index in [1.54, 1.807) is 6.92 Å². The second-order valence-electron chi connectivity index (χ2n) is 8.30. The Morgan fingerprint density at radius 3 is 2.53 bits per heavy atom. The Bertz CT molecular complexity index is 1150. The number of alkyl halides is 1. The SMILES string of the molecule is CC#C[C@@H](CC(=O)O)c1ccc(OCc2ccc3c(CF)nn(CC(C)C)c3c2C)cc1. The van der Waals surface area contributed by atoms with Gasteiger partial charge >= 0.3 is 5.97 Å². The number of carboxylic acids is 1. The van der Waals surface area contributed by atoms with E-state index in [0.717, 1.165) is 34.1 Å². The van der Waals surface area contributed by atoms with Crippen molar-refractivity contribution < 1.29 is 19.0 Å². The molecule has 0 aliphatic carbocycles. The highest BCUT2D eigenvalue weighted by molar-refractivity contribution is 5.86. The molecule has 0 radical (unpaired) electrons. The maximum atomic E-state index is 13.5. The highest BCUT2D eigenvalue weighted by Gasteiger charge is 2.16. The number of ether oxygens (including phenoxy) is 1. The molecule has 0 aliphatic heterocycles. The van der Waals surface area contributed by atoms with Crippen molar-refractivity contribution in [3.63, 3.8) is 0 Å². The van der Waals surface area contributed by atoms with Crippen LogP contribution in [0.5, 0.6) is 5.75 Å². The van der Waals surface area contributed by atoms with Crippen LogP contribution in [0, 0.1) is 24.7 Å². The molecule has 0 spiro atoms. The van der Waals surface area contributed by atoms with Crippen molar-refractivity contribution in [2.24, 2.45) is 5.92 Å². The molecule has 0 aliphatic rings. The lowest BCUT2D eigenvalue weighted by molar-refractivity contribution is -0.137. The first-order valence-electron chi connectivity index (χ1n) is 10.7. The number of hydrogen-bond acceptors (Lipinski definition) is 3. The van der Waals surface area contributed by atoms with Gasteiger partial charge in [-0.15, -0.1) is 5.92 Å². The lowest BCUT2D eigenvalue weighted by Crippen LogP contribution is -2.08. The van der Waals surface area contributed by atoms with Crippen molar-refractivity contribution >= 4 is 16.9 Å². The molecule has 0 saturated heterocycles. The Labute approximate surface area is 188 Å². The number of hydrogen-bond donors (Lipinski definition) is 1. The minimum absolute atomic E-state index is 0.0365. The molecule has 6 heteroatoms. The van der Waals surface area contributed by atoms with Crippen LogP contribution in [0.1, 0.15) is 55.5 Å². The van der Waals surface area contributed by atoms with Crippen molar-refractivity contribution in [1.82, 2.24) is 9.78 Å². The highest BCUT2D eigenvalue weighted by atomic mass is 19.1. The van der Waals surface area contributed by atoms with Crippen LogP contribution in [0.15, 0.2) is 36.4 Å². The van der Waals surface area contributed by atoms with E-state index in [4.69, 9.17) is 9.84 Å². The van der Waals surface area contributed by atoms with Gasteiger partial charge in [0.2, 0.25) is 0 Å². The number of rotatable bonds is 9. The van der Waals surface area contributed by atoms with Crippen LogP contribution in [0.25, 0.3) is 10.9 Å². The number of benzene rings is 2. The molecule has 0 bridgehead atoms. The molecule has 1 N–H and O–H groups in total. The van der Waals surface area contributed by atoms with E-state index >= 15 is 0 Å². The maximum Gasteiger partial charge on any atom is 0.304 e. The van der Waals surface area contributed by atoms with Crippen LogP contribution >= 0.6 is 0 Å². The minimum atomic E-state index is -0.878. The molecular formula is C26H29FN2O3. The summed E-state index contributed by atoms with van der Waals surface area (Å²) in [6.07, 6.45) is -0.0365. The number of aryl methyl sites for hydroxylation is 1. The van der Waals surface area contributed by atoms with Crippen molar-refractivity contribution in [2.45, 2.75) is 59.9 Å². The molecule has 0 amide bonds. The average molecular weight is 437 g/mol. The second kappa shape index (κ2) is 10.3. The van der Waals surface area contributed by atoms with Crippen molar-refractivity contribution in [3.8, 4) is 17.6 Å². The first-order valence-corrected chi connectivity index (χ1v) is 10.7. The summed E-state index contributed by atoms with van der Waals surface area (Å²) in [6.45, 7) is 8.45. The molecule has 3 aromatic rings. The van der Waals surface area contributed by atoms with E-state index in [9.17, 15) is 9.18 Å². The summed E-state index contributed by atoms with van der Waals surface area (Å²) in [5.41, 5.74) is 4.32. The van der Waals surface area contributed by atoms with Gasteiger partial charge < -0.3 is 9.84 Å². The van der Waals surface area contributed by atoms with Crippen molar-refractivity contribution in [1.29, 1.82) is 0 Å². The zero-order valence-electron chi connectivity index (χ0n) is 19.0. The lowest BCUT2D eigenvalue weighted by Gasteiger charge is -2.13. The van der Waals surface area contributed by atoms with Crippen LogP contribution in [0.4, 0.5) is 4.39 Å². The molecule has 1 atom stereocenters. The van der Waals surface area contributed by atoms with E-state index in [2.05, 4.69) is 30.8 Å². The smallest absolute Gasteiger partial charge is 0.304 e. The number of halogens is 1. The fourth-order valence-corrected chi connectivity index (χ4v) is 3.85. The summed E-state index contributed by atoms with van der Waals surface area (Å²) in [6, 6.07) is 11.3. The van der Waals surface area contributed by atoms with E-state index in [-0.39, 0.29) is 12.3 Å². The molecule has 1 aromatic heterocycles. The molecule has 0 fully saturated rings. The van der Waals surface area contributed by atoms with Gasteiger partial charge in [-0.05, 0) is 48.6 Å². The minimum Gasteiger partial charge on any atom is -0.489 e. The molecule has 0 saturated carbocycles. The quantitative estimate of drug-likeness (QED) is 0.442. The largest absolute Gasteiger partial charge is 0.489 e. The topological polar surface area (TPSA) is 64.3 Å². The fraction of sp³-hybridized carbons (Fsp3) is 0.385. The Morgan fingerprint density at radius 1 is 1.22 bits per heavy atom. The molecule has 3 rings (SSSR count). The fourth-order valence-electron chi connectivity index (χ4n) is 3.85. The van der Waals surface area contributed by atoms with Gasteiger partial charge in [0.1, 0.15) is 24.7 Å². The third-order valence-corrected chi connectivity index (χ3v) is 5.39. The van der Waals surface area contributed by atoms with Crippen molar-refractivity contribution in [3.05, 3.63) is 58.8 Å². The summed E-state index contributed by atoms with van der Waals surface area (Å²) in [4.78, 5) is 11.1. The highest BCUT2D eigenvalue weighted by Crippen LogP contribution is 2.28. The molecule has 32 heavy (non-hydrogen) atoms. The zero-order valence-corrected chi connectivity index (χ0v) is 19.0. The Morgan fingerprint density at radius 2 is 1.94 bits per heavy atom. The third kappa shape index (κ3) is 5.28. The van der Waals surface area contributed by atoms with E-state index in [1.807, 2.05) is 48.0 Å². The predicted molar refractivity (Wildman–Crippen MR) is 123 cm³/mol. The summed E-state index contributed by atoms with van der Waals surface area (Å²) in [7, 11) is 0. The number of aromatic nitrogens is 2. The monoisotopic (exact) mass is 436 g/mol. The molecule has 5 nitrogen and oxygen atoms in total. The number of carbonyl (C=O) groups is 1. The lowest BCUT2D eigenvalue weighted by atomic mass is 9.96. The molecule has 2 aromatic carbocycles. The molecule has 0 unspecified atom stereocenters. The van der Waals surface area contributed by atoms with E-state index in [1.165, 1.54) is 0 Å². The van der Waals surface area contributed by atoms with Crippen LogP contribution in [0.2, 0.25) is 0 Å². The molecular weight excluding hydrogens is 407 g/mol. The van der Waals surface area contributed by atoms with Gasteiger partial charge in [-0.25, -0.2) is 4.39 Å². The number of nitrogens with zero attached hydrogens (tertiary/aromatic N) is 2. The van der Waals surface area contributed by atoms with E-state index < -0.39 is 12.6 Å².